The molecule has 0 aromatic carbocycles. The molecule has 0 unspecified atom stereocenters. The first-order valence-corrected chi connectivity index (χ1v) is 4.94. The van der Waals surface area contributed by atoms with Crippen molar-refractivity contribution in [3.05, 3.63) is 27.4 Å². The lowest BCUT2D eigenvalue weighted by Crippen LogP contribution is -2.21. The van der Waals surface area contributed by atoms with Crippen LogP contribution in [0.15, 0.2) is 6.20 Å². The van der Waals surface area contributed by atoms with Gasteiger partial charge in [0, 0.05) is 5.56 Å². The number of halogens is 5. The molecule has 0 aliphatic carbocycles. The van der Waals surface area contributed by atoms with Gasteiger partial charge in [0.15, 0.2) is 0 Å². The first-order chi connectivity index (χ1) is 9.53. The van der Waals surface area contributed by atoms with Crippen molar-refractivity contribution in [3.8, 4) is 5.88 Å². The lowest BCUT2D eigenvalue weighted by atomic mass is 10.1. The van der Waals surface area contributed by atoms with Gasteiger partial charge in [0.2, 0.25) is 5.88 Å². The standard InChI is InChI=1S/C9H5F5N2O5/c10-7(11)6-3(1-5(17)18)8(21-9(12,13)14)15-2-4(6)16(19)20/h2,7H,1H2,(H,17,18). The number of aromatic nitrogens is 1. The summed E-state index contributed by atoms with van der Waals surface area (Å²) in [6, 6.07) is 0. The van der Waals surface area contributed by atoms with Crippen LogP contribution in [0, 0.1) is 10.1 Å². The highest BCUT2D eigenvalue weighted by molar-refractivity contribution is 5.72. The summed E-state index contributed by atoms with van der Waals surface area (Å²) < 4.78 is 65.4. The van der Waals surface area contributed by atoms with Crippen molar-refractivity contribution in [3.63, 3.8) is 0 Å². The van der Waals surface area contributed by atoms with Gasteiger partial charge in [-0.2, -0.15) is 0 Å². The highest BCUT2D eigenvalue weighted by Crippen LogP contribution is 2.37. The number of nitrogens with zero attached hydrogens (tertiary/aromatic N) is 2. The molecule has 1 rings (SSSR count). The van der Waals surface area contributed by atoms with Crippen LogP contribution in [0.25, 0.3) is 0 Å². The number of carbonyl (C=O) groups is 1. The number of ether oxygens (including phenoxy) is 1. The lowest BCUT2D eigenvalue weighted by Gasteiger charge is -2.14. The molecule has 0 atom stereocenters. The van der Waals surface area contributed by atoms with E-state index in [1.54, 1.807) is 0 Å². The molecule has 0 fully saturated rings. The Morgan fingerprint density at radius 1 is 1.48 bits per heavy atom. The molecule has 0 saturated carbocycles. The SMILES string of the molecule is O=C(O)Cc1c(OC(F)(F)F)ncc([N+](=O)[O-])c1C(F)F. The number of carboxylic acid groups (broad SMARTS) is 1. The average Bonchev–Trinajstić information content (AvgIpc) is 2.27. The zero-order chi connectivity index (χ0) is 16.4. The highest BCUT2D eigenvalue weighted by Gasteiger charge is 2.37. The molecule has 1 aromatic heterocycles. The summed E-state index contributed by atoms with van der Waals surface area (Å²) >= 11 is 0. The van der Waals surface area contributed by atoms with Gasteiger partial charge in [0.25, 0.3) is 12.1 Å². The van der Waals surface area contributed by atoms with Gasteiger partial charge in [-0.3, -0.25) is 14.9 Å². The van der Waals surface area contributed by atoms with Crippen molar-refractivity contribution >= 4 is 11.7 Å². The van der Waals surface area contributed by atoms with Crippen molar-refractivity contribution < 1.29 is 41.5 Å². The number of nitro groups is 1. The topological polar surface area (TPSA) is 103 Å². The quantitative estimate of drug-likeness (QED) is 0.508. The monoisotopic (exact) mass is 316 g/mol. The maximum absolute atomic E-state index is 12.8. The number of alkyl halides is 5. The summed E-state index contributed by atoms with van der Waals surface area (Å²) in [7, 11) is 0. The van der Waals surface area contributed by atoms with E-state index < -0.39 is 52.8 Å². The Kier molecular flexibility index (Phi) is 4.60. The molecule has 0 spiro atoms. The molecule has 7 nitrogen and oxygen atoms in total. The largest absolute Gasteiger partial charge is 0.574 e. The van der Waals surface area contributed by atoms with Crippen LogP contribution < -0.4 is 4.74 Å². The molecule has 1 aromatic rings. The van der Waals surface area contributed by atoms with Gasteiger partial charge in [-0.15, -0.1) is 13.2 Å². The third-order valence-corrected chi connectivity index (χ3v) is 2.12. The minimum Gasteiger partial charge on any atom is -0.481 e. The summed E-state index contributed by atoms with van der Waals surface area (Å²) in [4.78, 5) is 22.7. The Hall–Kier alpha value is -2.53. The highest BCUT2D eigenvalue weighted by atomic mass is 19.4. The van der Waals surface area contributed by atoms with E-state index in [1.807, 2.05) is 0 Å². The summed E-state index contributed by atoms with van der Waals surface area (Å²) in [6.45, 7) is 0. The zero-order valence-corrected chi connectivity index (χ0v) is 9.73. The molecule has 0 radical (unpaired) electrons. The summed E-state index contributed by atoms with van der Waals surface area (Å²) in [6.07, 6.45) is -10.1. The van der Waals surface area contributed by atoms with Crippen LogP contribution in [-0.2, 0) is 11.2 Å². The van der Waals surface area contributed by atoms with Crippen LogP contribution in [0.5, 0.6) is 5.88 Å². The van der Waals surface area contributed by atoms with E-state index >= 15 is 0 Å². The molecule has 0 saturated heterocycles. The lowest BCUT2D eigenvalue weighted by molar-refractivity contribution is -0.386. The second-order valence-corrected chi connectivity index (χ2v) is 3.52. The van der Waals surface area contributed by atoms with Gasteiger partial charge in [0.05, 0.1) is 11.3 Å². The van der Waals surface area contributed by atoms with E-state index in [4.69, 9.17) is 5.11 Å². The van der Waals surface area contributed by atoms with Crippen molar-refractivity contribution in [2.75, 3.05) is 0 Å². The van der Waals surface area contributed by atoms with Crippen LogP contribution in [0.3, 0.4) is 0 Å². The van der Waals surface area contributed by atoms with Crippen molar-refractivity contribution in [2.45, 2.75) is 19.2 Å². The Balaban J connectivity index is 3.55. The Bertz CT molecular complexity index is 574. The maximum atomic E-state index is 12.8. The number of rotatable bonds is 5. The molecule has 21 heavy (non-hydrogen) atoms. The van der Waals surface area contributed by atoms with Crippen LogP contribution >= 0.6 is 0 Å². The van der Waals surface area contributed by atoms with Gasteiger partial charge in [-0.1, -0.05) is 0 Å². The average molecular weight is 316 g/mol. The van der Waals surface area contributed by atoms with E-state index in [1.165, 1.54) is 0 Å². The zero-order valence-electron chi connectivity index (χ0n) is 9.73. The smallest absolute Gasteiger partial charge is 0.481 e. The Morgan fingerprint density at radius 3 is 2.43 bits per heavy atom. The molecule has 12 heteroatoms. The molecule has 116 valence electrons. The van der Waals surface area contributed by atoms with E-state index in [0.29, 0.717) is 0 Å². The number of carboxylic acids is 1. The number of hydrogen-bond acceptors (Lipinski definition) is 5. The van der Waals surface area contributed by atoms with E-state index in [-0.39, 0.29) is 6.20 Å². The Morgan fingerprint density at radius 2 is 2.05 bits per heavy atom. The van der Waals surface area contributed by atoms with Crippen molar-refractivity contribution in [1.82, 2.24) is 4.98 Å². The number of aliphatic carboxylic acids is 1. The number of hydrogen-bond donors (Lipinski definition) is 1. The molecular formula is C9H5F5N2O5. The van der Waals surface area contributed by atoms with E-state index in [0.717, 1.165) is 0 Å². The van der Waals surface area contributed by atoms with Crippen LogP contribution in [0.1, 0.15) is 17.6 Å². The number of pyridine rings is 1. The van der Waals surface area contributed by atoms with Gasteiger partial charge in [-0.05, 0) is 0 Å². The molecule has 0 amide bonds. The van der Waals surface area contributed by atoms with Crippen LogP contribution in [-0.4, -0.2) is 27.3 Å². The van der Waals surface area contributed by atoms with Crippen molar-refractivity contribution in [1.29, 1.82) is 0 Å². The molecule has 0 bridgehead atoms. The molecule has 1 heterocycles. The van der Waals surface area contributed by atoms with Crippen molar-refractivity contribution in [2.24, 2.45) is 0 Å². The maximum Gasteiger partial charge on any atom is 0.574 e. The molecule has 0 aliphatic rings. The Labute approximate surface area is 112 Å². The third kappa shape index (κ3) is 4.22. The first kappa shape index (κ1) is 16.5. The molecule has 1 N–H and O–H groups in total. The van der Waals surface area contributed by atoms with E-state index in [9.17, 15) is 36.9 Å². The van der Waals surface area contributed by atoms with Crippen LogP contribution in [0.4, 0.5) is 27.6 Å². The fourth-order valence-corrected chi connectivity index (χ4v) is 1.45. The summed E-state index contributed by atoms with van der Waals surface area (Å²) in [5.74, 6) is -3.25. The third-order valence-electron chi connectivity index (χ3n) is 2.12. The van der Waals surface area contributed by atoms with Crippen LogP contribution in [0.2, 0.25) is 0 Å². The molecular weight excluding hydrogens is 311 g/mol. The van der Waals surface area contributed by atoms with Gasteiger partial charge >= 0.3 is 12.3 Å². The minimum absolute atomic E-state index is 0.147. The van der Waals surface area contributed by atoms with Gasteiger partial charge < -0.3 is 9.84 Å². The molecule has 0 aliphatic heterocycles. The van der Waals surface area contributed by atoms with Gasteiger partial charge in [0.1, 0.15) is 11.8 Å². The van der Waals surface area contributed by atoms with Gasteiger partial charge in [-0.25, -0.2) is 13.8 Å². The summed E-state index contributed by atoms with van der Waals surface area (Å²) in [5.41, 5.74) is -3.98. The second-order valence-electron chi connectivity index (χ2n) is 3.52. The predicted octanol–water partition coefficient (Wildman–Crippen LogP) is 2.45. The second kappa shape index (κ2) is 5.85. The summed E-state index contributed by atoms with van der Waals surface area (Å²) in [5, 5.41) is 19.1. The normalized spacial score (nSPS) is 11.5. The predicted molar refractivity (Wildman–Crippen MR) is 53.9 cm³/mol. The fraction of sp³-hybridized carbons (Fsp3) is 0.333. The minimum atomic E-state index is -5.32. The first-order valence-electron chi connectivity index (χ1n) is 4.94. The van der Waals surface area contributed by atoms with E-state index in [2.05, 4.69) is 9.72 Å². The fourth-order valence-electron chi connectivity index (χ4n) is 1.45.